The van der Waals surface area contributed by atoms with Gasteiger partial charge in [0.2, 0.25) is 0 Å². The molecular formula is C17H16ClN3OS2. The number of ketones is 1. The summed E-state index contributed by atoms with van der Waals surface area (Å²) in [6.45, 7) is 4.86. The van der Waals surface area contributed by atoms with Crippen LogP contribution in [-0.2, 0) is 6.54 Å². The van der Waals surface area contributed by atoms with Crippen LogP contribution in [0.4, 0.5) is 0 Å². The van der Waals surface area contributed by atoms with Crippen molar-refractivity contribution in [3.63, 3.8) is 0 Å². The maximum Gasteiger partial charge on any atom is 0.191 e. The van der Waals surface area contributed by atoms with Crippen LogP contribution < -0.4 is 0 Å². The van der Waals surface area contributed by atoms with E-state index >= 15 is 0 Å². The van der Waals surface area contributed by atoms with Crippen LogP contribution in [0.25, 0.3) is 11.4 Å². The Morgan fingerprint density at radius 3 is 2.71 bits per heavy atom. The summed E-state index contributed by atoms with van der Waals surface area (Å²) in [6, 6.07) is 11.6. The first-order valence-electron chi connectivity index (χ1n) is 7.50. The Morgan fingerprint density at radius 1 is 1.25 bits per heavy atom. The monoisotopic (exact) mass is 377 g/mol. The molecule has 0 N–H and O–H groups in total. The molecule has 0 fully saturated rings. The molecule has 0 unspecified atom stereocenters. The maximum absolute atomic E-state index is 12.2. The van der Waals surface area contributed by atoms with Gasteiger partial charge in [-0.25, -0.2) is 0 Å². The molecule has 0 aliphatic rings. The molecule has 0 aliphatic heterocycles. The maximum atomic E-state index is 12.2. The SMILES string of the molecule is CCn1c(SCC(=O)c2ccc(Cl)s2)nnc1-c1ccccc1C. The number of hydrogen-bond acceptors (Lipinski definition) is 5. The predicted molar refractivity (Wildman–Crippen MR) is 100 cm³/mol. The lowest BCUT2D eigenvalue weighted by atomic mass is 10.1. The Balaban J connectivity index is 1.80. The zero-order valence-corrected chi connectivity index (χ0v) is 15.7. The van der Waals surface area contributed by atoms with Crippen molar-refractivity contribution in [1.29, 1.82) is 0 Å². The van der Waals surface area contributed by atoms with Crippen molar-refractivity contribution >= 4 is 40.5 Å². The number of carbonyl (C=O) groups is 1. The van der Waals surface area contributed by atoms with Gasteiger partial charge in [0.05, 0.1) is 15.0 Å². The molecule has 0 saturated carbocycles. The fourth-order valence-electron chi connectivity index (χ4n) is 2.37. The number of thiophene rings is 1. The number of thioether (sulfide) groups is 1. The van der Waals surface area contributed by atoms with E-state index < -0.39 is 0 Å². The summed E-state index contributed by atoms with van der Waals surface area (Å²) in [4.78, 5) is 12.9. The van der Waals surface area contributed by atoms with Gasteiger partial charge in [-0.1, -0.05) is 47.6 Å². The molecular weight excluding hydrogens is 362 g/mol. The minimum absolute atomic E-state index is 0.0556. The van der Waals surface area contributed by atoms with Crippen molar-refractivity contribution in [3.05, 3.63) is 51.2 Å². The number of carbonyl (C=O) groups excluding carboxylic acids is 1. The quantitative estimate of drug-likeness (QED) is 0.449. The number of hydrogen-bond donors (Lipinski definition) is 0. The third kappa shape index (κ3) is 3.55. The Kier molecular flexibility index (Phi) is 5.38. The molecule has 3 aromatic rings. The number of benzene rings is 1. The Bertz CT molecular complexity index is 872. The number of aromatic nitrogens is 3. The van der Waals surface area contributed by atoms with Crippen LogP contribution in [0.2, 0.25) is 4.34 Å². The third-order valence-corrected chi connectivity index (χ3v) is 5.84. The highest BCUT2D eigenvalue weighted by Gasteiger charge is 2.16. The van der Waals surface area contributed by atoms with Crippen molar-refractivity contribution < 1.29 is 4.79 Å². The highest BCUT2D eigenvalue weighted by atomic mass is 35.5. The second kappa shape index (κ2) is 7.51. The summed E-state index contributed by atoms with van der Waals surface area (Å²) >= 11 is 8.60. The molecule has 0 saturated heterocycles. The van der Waals surface area contributed by atoms with Gasteiger partial charge in [0.25, 0.3) is 0 Å². The van der Waals surface area contributed by atoms with Gasteiger partial charge in [-0.05, 0) is 31.5 Å². The van der Waals surface area contributed by atoms with Crippen LogP contribution in [0.3, 0.4) is 0 Å². The minimum Gasteiger partial charge on any atom is -0.302 e. The molecule has 0 aliphatic carbocycles. The summed E-state index contributed by atoms with van der Waals surface area (Å²) in [5, 5.41) is 9.37. The lowest BCUT2D eigenvalue weighted by molar-refractivity contribution is 0.102. The standard InChI is InChI=1S/C17H16ClN3OS2/c1-3-21-16(12-7-5-4-6-11(12)2)19-20-17(21)23-10-13(22)14-8-9-15(18)24-14/h4-9H,3,10H2,1-2H3. The Morgan fingerprint density at radius 2 is 2.04 bits per heavy atom. The van der Waals surface area contributed by atoms with Crippen molar-refractivity contribution in [1.82, 2.24) is 14.8 Å². The van der Waals surface area contributed by atoms with E-state index in [2.05, 4.69) is 30.1 Å². The number of rotatable bonds is 6. The summed E-state index contributed by atoms with van der Waals surface area (Å²) in [7, 11) is 0. The first-order chi connectivity index (χ1) is 11.6. The average molecular weight is 378 g/mol. The van der Waals surface area contributed by atoms with Crippen LogP contribution in [0.1, 0.15) is 22.2 Å². The molecule has 0 radical (unpaired) electrons. The molecule has 2 heterocycles. The van der Waals surface area contributed by atoms with Gasteiger partial charge in [-0.3, -0.25) is 4.79 Å². The zero-order chi connectivity index (χ0) is 17.1. The topological polar surface area (TPSA) is 47.8 Å². The van der Waals surface area contributed by atoms with Gasteiger partial charge in [0, 0.05) is 12.1 Å². The minimum atomic E-state index is 0.0556. The molecule has 0 amide bonds. The summed E-state index contributed by atoms with van der Waals surface area (Å²) in [6.07, 6.45) is 0. The van der Waals surface area contributed by atoms with Gasteiger partial charge in [-0.15, -0.1) is 21.5 Å². The van der Waals surface area contributed by atoms with E-state index in [1.807, 2.05) is 22.8 Å². The smallest absolute Gasteiger partial charge is 0.191 e. The number of halogens is 1. The molecule has 4 nitrogen and oxygen atoms in total. The lowest BCUT2D eigenvalue weighted by Gasteiger charge is -2.08. The van der Waals surface area contributed by atoms with E-state index in [0.29, 0.717) is 15.0 Å². The summed E-state index contributed by atoms with van der Waals surface area (Å²) in [5.41, 5.74) is 2.22. The lowest BCUT2D eigenvalue weighted by Crippen LogP contribution is -2.04. The number of Topliss-reactive ketones (excluding diaryl/α,β-unsaturated/α-hetero) is 1. The van der Waals surface area contributed by atoms with Gasteiger partial charge in [0.15, 0.2) is 16.8 Å². The van der Waals surface area contributed by atoms with Crippen molar-refractivity contribution in [2.75, 3.05) is 5.75 Å². The highest BCUT2D eigenvalue weighted by molar-refractivity contribution is 7.99. The van der Waals surface area contributed by atoms with Crippen molar-refractivity contribution in [2.45, 2.75) is 25.5 Å². The second-order valence-corrected chi connectivity index (χ2v) is 7.84. The van der Waals surface area contributed by atoms with E-state index in [-0.39, 0.29) is 5.78 Å². The van der Waals surface area contributed by atoms with Crippen LogP contribution in [0, 0.1) is 6.92 Å². The van der Waals surface area contributed by atoms with Gasteiger partial charge >= 0.3 is 0 Å². The molecule has 7 heteroatoms. The van der Waals surface area contributed by atoms with Gasteiger partial charge in [-0.2, -0.15) is 0 Å². The summed E-state index contributed by atoms with van der Waals surface area (Å²) < 4.78 is 2.67. The van der Waals surface area contributed by atoms with Crippen LogP contribution >= 0.6 is 34.7 Å². The predicted octanol–water partition coefficient (Wildman–Crippen LogP) is 4.96. The van der Waals surface area contributed by atoms with Crippen molar-refractivity contribution in [2.24, 2.45) is 0 Å². The van der Waals surface area contributed by atoms with E-state index in [9.17, 15) is 4.79 Å². The molecule has 24 heavy (non-hydrogen) atoms. The highest BCUT2D eigenvalue weighted by Crippen LogP contribution is 2.28. The van der Waals surface area contributed by atoms with Crippen LogP contribution in [0.15, 0.2) is 41.6 Å². The molecule has 0 spiro atoms. The fourth-order valence-corrected chi connectivity index (χ4v) is 4.33. The van der Waals surface area contributed by atoms with Gasteiger partial charge < -0.3 is 4.57 Å². The largest absolute Gasteiger partial charge is 0.302 e. The third-order valence-electron chi connectivity index (χ3n) is 3.60. The number of aryl methyl sites for hydroxylation is 1. The van der Waals surface area contributed by atoms with Crippen LogP contribution in [0.5, 0.6) is 0 Å². The molecule has 124 valence electrons. The van der Waals surface area contributed by atoms with E-state index in [1.165, 1.54) is 23.1 Å². The van der Waals surface area contributed by atoms with Crippen molar-refractivity contribution in [3.8, 4) is 11.4 Å². The Labute approximate surface area is 153 Å². The molecule has 1 aromatic carbocycles. The van der Waals surface area contributed by atoms with E-state index in [0.717, 1.165) is 28.7 Å². The average Bonchev–Trinajstić information content (AvgIpc) is 3.19. The van der Waals surface area contributed by atoms with Crippen LogP contribution in [-0.4, -0.2) is 26.3 Å². The summed E-state index contributed by atoms with van der Waals surface area (Å²) in [5.74, 6) is 1.22. The molecule has 3 rings (SSSR count). The molecule has 0 bridgehead atoms. The normalized spacial score (nSPS) is 11.0. The number of nitrogens with zero attached hydrogens (tertiary/aromatic N) is 3. The molecule has 0 atom stereocenters. The first-order valence-corrected chi connectivity index (χ1v) is 9.68. The first kappa shape index (κ1) is 17.2. The Hall–Kier alpha value is -1.63. The van der Waals surface area contributed by atoms with Gasteiger partial charge in [0.1, 0.15) is 0 Å². The molecule has 2 aromatic heterocycles. The van der Waals surface area contributed by atoms with E-state index in [4.69, 9.17) is 11.6 Å². The second-order valence-electron chi connectivity index (χ2n) is 5.18. The van der Waals surface area contributed by atoms with E-state index in [1.54, 1.807) is 12.1 Å². The fraction of sp³-hybridized carbons (Fsp3) is 0.235. The zero-order valence-electron chi connectivity index (χ0n) is 13.3.